The van der Waals surface area contributed by atoms with E-state index in [1.807, 2.05) is 0 Å². The van der Waals surface area contributed by atoms with Gasteiger partial charge in [-0.1, -0.05) is 19.3 Å². The van der Waals surface area contributed by atoms with Crippen molar-refractivity contribution < 1.29 is 46.1 Å². The number of hydrogen-bond acceptors (Lipinski definition) is 5. The van der Waals surface area contributed by atoms with Crippen LogP contribution in [0, 0.1) is 5.92 Å². The van der Waals surface area contributed by atoms with Crippen LogP contribution in [0.25, 0.3) is 0 Å². The molecule has 0 amide bonds. The minimum Gasteiger partial charge on any atom is -0.462 e. The maximum Gasteiger partial charge on any atom is 0.449 e. The predicted octanol–water partition coefficient (Wildman–Crippen LogP) is 2.76. The van der Waals surface area contributed by atoms with Gasteiger partial charge in [-0.3, -0.25) is 4.79 Å². The lowest BCUT2D eigenvalue weighted by molar-refractivity contribution is -0.501. The third kappa shape index (κ3) is 3.11. The van der Waals surface area contributed by atoms with E-state index in [9.17, 15) is 31.9 Å². The number of aliphatic hydroxyl groups is 1. The van der Waals surface area contributed by atoms with Crippen molar-refractivity contribution in [3.63, 3.8) is 0 Å². The number of carbonyl (C=O) groups is 1. The van der Waals surface area contributed by atoms with Gasteiger partial charge in [0.2, 0.25) is 0 Å². The predicted molar refractivity (Wildman–Crippen MR) is 68.9 cm³/mol. The summed E-state index contributed by atoms with van der Waals surface area (Å²) in [6.45, 7) is -1.71. The van der Waals surface area contributed by atoms with Crippen LogP contribution in [-0.4, -0.2) is 48.0 Å². The van der Waals surface area contributed by atoms with Crippen molar-refractivity contribution in [1.82, 2.24) is 0 Å². The third-order valence-corrected chi connectivity index (χ3v) is 4.55. The lowest BCUT2D eigenvalue weighted by Crippen LogP contribution is -2.74. The van der Waals surface area contributed by atoms with Crippen LogP contribution < -0.4 is 0 Å². The van der Waals surface area contributed by atoms with E-state index in [2.05, 4.69) is 9.47 Å². The van der Waals surface area contributed by atoms with Gasteiger partial charge in [0.25, 0.3) is 0 Å². The van der Waals surface area contributed by atoms with E-state index in [1.54, 1.807) is 0 Å². The second-order valence-electron chi connectivity index (χ2n) is 6.30. The SMILES string of the molecule is CC1(COC(=O)C2CCCCC2)OCOC(O)(C(F)(F)F)C1(F)F. The molecule has 1 saturated carbocycles. The summed E-state index contributed by atoms with van der Waals surface area (Å²) in [6.07, 6.45) is -2.12. The Morgan fingerprint density at radius 2 is 1.79 bits per heavy atom. The number of alkyl halides is 5. The van der Waals surface area contributed by atoms with Crippen molar-refractivity contribution in [2.24, 2.45) is 5.92 Å². The molecule has 0 spiro atoms. The molecule has 24 heavy (non-hydrogen) atoms. The molecule has 2 aliphatic rings. The molecule has 0 aromatic heterocycles. The summed E-state index contributed by atoms with van der Waals surface area (Å²) >= 11 is 0. The first-order valence-electron chi connectivity index (χ1n) is 7.56. The smallest absolute Gasteiger partial charge is 0.449 e. The molecule has 10 heteroatoms. The summed E-state index contributed by atoms with van der Waals surface area (Å²) in [6, 6.07) is 0. The largest absolute Gasteiger partial charge is 0.462 e. The van der Waals surface area contributed by atoms with Gasteiger partial charge in [0, 0.05) is 0 Å². The number of carbonyl (C=O) groups excluding carboxylic acids is 1. The Kier molecular flexibility index (Phi) is 5.14. The number of ether oxygens (including phenoxy) is 3. The minimum absolute atomic E-state index is 0.461. The summed E-state index contributed by atoms with van der Waals surface area (Å²) in [4.78, 5) is 11.9. The van der Waals surface area contributed by atoms with Crippen molar-refractivity contribution in [2.75, 3.05) is 13.4 Å². The Morgan fingerprint density at radius 3 is 2.33 bits per heavy atom. The Labute approximate surface area is 135 Å². The van der Waals surface area contributed by atoms with E-state index in [0.29, 0.717) is 19.8 Å². The van der Waals surface area contributed by atoms with Crippen molar-refractivity contribution in [3.8, 4) is 0 Å². The summed E-state index contributed by atoms with van der Waals surface area (Å²) in [5.41, 5.74) is -2.88. The van der Waals surface area contributed by atoms with Crippen LogP contribution in [0.5, 0.6) is 0 Å². The highest BCUT2D eigenvalue weighted by atomic mass is 19.4. The first-order chi connectivity index (χ1) is 10.9. The molecule has 1 aliphatic carbocycles. The fraction of sp³-hybridized carbons (Fsp3) is 0.929. The van der Waals surface area contributed by atoms with Gasteiger partial charge >= 0.3 is 23.9 Å². The zero-order chi connectivity index (χ0) is 18.2. The van der Waals surface area contributed by atoms with E-state index in [-0.39, 0.29) is 0 Å². The molecule has 1 saturated heterocycles. The molecule has 2 unspecified atom stereocenters. The molecule has 1 heterocycles. The molecule has 1 N–H and O–H groups in total. The van der Waals surface area contributed by atoms with E-state index >= 15 is 0 Å². The van der Waals surface area contributed by atoms with Crippen LogP contribution in [0.3, 0.4) is 0 Å². The fourth-order valence-electron chi connectivity index (χ4n) is 2.84. The maximum absolute atomic E-state index is 14.3. The van der Waals surface area contributed by atoms with Gasteiger partial charge in [0.05, 0.1) is 5.92 Å². The van der Waals surface area contributed by atoms with Gasteiger partial charge in [-0.25, -0.2) is 0 Å². The van der Waals surface area contributed by atoms with E-state index in [1.165, 1.54) is 0 Å². The lowest BCUT2D eigenvalue weighted by Gasteiger charge is -2.48. The molecule has 0 aromatic rings. The third-order valence-electron chi connectivity index (χ3n) is 4.55. The molecule has 0 radical (unpaired) electrons. The Bertz CT molecular complexity index is 477. The van der Waals surface area contributed by atoms with Gasteiger partial charge in [-0.2, -0.15) is 22.0 Å². The normalized spacial score (nSPS) is 34.8. The first-order valence-corrected chi connectivity index (χ1v) is 7.56. The number of rotatable bonds is 3. The number of esters is 1. The van der Waals surface area contributed by atoms with Gasteiger partial charge in [-0.15, -0.1) is 0 Å². The number of hydrogen-bond donors (Lipinski definition) is 1. The van der Waals surface area contributed by atoms with Gasteiger partial charge in [-0.05, 0) is 19.8 Å². The molecule has 0 bridgehead atoms. The van der Waals surface area contributed by atoms with Crippen LogP contribution in [0.1, 0.15) is 39.0 Å². The average molecular weight is 362 g/mol. The Balaban J connectivity index is 2.11. The van der Waals surface area contributed by atoms with Crippen molar-refractivity contribution in [1.29, 1.82) is 0 Å². The zero-order valence-electron chi connectivity index (χ0n) is 13.0. The topological polar surface area (TPSA) is 65.0 Å². The van der Waals surface area contributed by atoms with Crippen LogP contribution in [-0.2, 0) is 19.0 Å². The van der Waals surface area contributed by atoms with E-state index < -0.39 is 48.8 Å². The summed E-state index contributed by atoms with van der Waals surface area (Å²) in [5.74, 6) is -10.8. The highest BCUT2D eigenvalue weighted by Crippen LogP contribution is 2.52. The minimum atomic E-state index is -5.76. The van der Waals surface area contributed by atoms with Gasteiger partial charge < -0.3 is 19.3 Å². The Morgan fingerprint density at radius 1 is 1.21 bits per heavy atom. The summed E-state index contributed by atoms with van der Waals surface area (Å²) in [5, 5.41) is 9.37. The van der Waals surface area contributed by atoms with Crippen LogP contribution in [0.15, 0.2) is 0 Å². The number of halogens is 5. The second kappa shape index (κ2) is 6.38. The summed E-state index contributed by atoms with van der Waals surface area (Å²) < 4.78 is 80.2. The quantitative estimate of drug-likeness (QED) is 0.618. The van der Waals surface area contributed by atoms with Crippen LogP contribution in [0.4, 0.5) is 22.0 Å². The fourth-order valence-corrected chi connectivity index (χ4v) is 2.84. The zero-order valence-corrected chi connectivity index (χ0v) is 13.0. The lowest BCUT2D eigenvalue weighted by atomic mass is 9.88. The molecule has 0 aromatic carbocycles. The molecule has 2 rings (SSSR count). The molecule has 2 fully saturated rings. The van der Waals surface area contributed by atoms with E-state index in [0.717, 1.165) is 19.3 Å². The Hall–Kier alpha value is -1.00. The van der Waals surface area contributed by atoms with Crippen molar-refractivity contribution in [3.05, 3.63) is 0 Å². The second-order valence-corrected chi connectivity index (χ2v) is 6.30. The maximum atomic E-state index is 14.3. The molecule has 5 nitrogen and oxygen atoms in total. The highest BCUT2D eigenvalue weighted by Gasteiger charge is 2.79. The molecule has 1 aliphatic heterocycles. The first kappa shape index (κ1) is 19.3. The summed E-state index contributed by atoms with van der Waals surface area (Å²) in [7, 11) is 0. The molecule has 2 atom stereocenters. The van der Waals surface area contributed by atoms with Gasteiger partial charge in [0.15, 0.2) is 12.4 Å². The molecule has 140 valence electrons. The standard InChI is InChI=1S/C14H19F5O5/c1-11(7-22-10(20)9-5-3-2-4-6-9)12(15,16)13(21,14(17,18)19)24-8-23-11/h9,21H,2-8H2,1H3. The molecular weight excluding hydrogens is 343 g/mol. The highest BCUT2D eigenvalue weighted by molar-refractivity contribution is 5.72. The monoisotopic (exact) mass is 362 g/mol. The van der Waals surface area contributed by atoms with Crippen molar-refractivity contribution in [2.45, 2.75) is 62.5 Å². The van der Waals surface area contributed by atoms with E-state index in [4.69, 9.17) is 4.74 Å². The average Bonchev–Trinajstić information content (AvgIpc) is 2.50. The van der Waals surface area contributed by atoms with Crippen LogP contribution >= 0.6 is 0 Å². The molecular formula is C14H19F5O5. The van der Waals surface area contributed by atoms with Crippen LogP contribution in [0.2, 0.25) is 0 Å². The van der Waals surface area contributed by atoms with Gasteiger partial charge in [0.1, 0.15) is 6.61 Å². The van der Waals surface area contributed by atoms with Crippen molar-refractivity contribution >= 4 is 5.97 Å².